The van der Waals surface area contributed by atoms with Crippen molar-refractivity contribution in [2.75, 3.05) is 0 Å². The van der Waals surface area contributed by atoms with Gasteiger partial charge in [-0.15, -0.1) is 11.3 Å². The number of hydrogen-bond acceptors (Lipinski definition) is 5. The zero-order valence-electron chi connectivity index (χ0n) is 16.3. The molecule has 30 heavy (non-hydrogen) atoms. The van der Waals surface area contributed by atoms with Crippen molar-refractivity contribution in [2.24, 2.45) is 0 Å². The van der Waals surface area contributed by atoms with Gasteiger partial charge in [0.05, 0.1) is 33.8 Å². The maximum absolute atomic E-state index is 14.2. The van der Waals surface area contributed by atoms with Crippen LogP contribution in [0.25, 0.3) is 21.6 Å². The van der Waals surface area contributed by atoms with Gasteiger partial charge in [0.2, 0.25) is 0 Å². The molecule has 0 saturated heterocycles. The van der Waals surface area contributed by atoms with Gasteiger partial charge in [0.1, 0.15) is 11.9 Å². The number of carbonyl (C=O) groups is 1. The molecule has 1 atom stereocenters. The van der Waals surface area contributed by atoms with Gasteiger partial charge in [0, 0.05) is 11.6 Å². The molecule has 3 heterocycles. The lowest BCUT2D eigenvalue weighted by molar-refractivity contribution is 0.0946. The molecule has 4 aromatic rings. The highest BCUT2D eigenvalue weighted by atomic mass is 32.1. The maximum Gasteiger partial charge on any atom is 0.253 e. The van der Waals surface area contributed by atoms with E-state index in [-0.39, 0.29) is 11.6 Å². The van der Waals surface area contributed by atoms with Crippen molar-refractivity contribution in [2.45, 2.75) is 25.9 Å². The average Bonchev–Trinajstić information content (AvgIpc) is 3.41. The Morgan fingerprint density at radius 1 is 1.27 bits per heavy atom. The van der Waals surface area contributed by atoms with E-state index in [2.05, 4.69) is 10.4 Å². The number of amides is 1. The number of rotatable bonds is 5. The number of aromatic nitrogens is 3. The minimum atomic E-state index is -1.12. The minimum absolute atomic E-state index is 0.0507. The average molecular weight is 419 g/mol. The summed E-state index contributed by atoms with van der Waals surface area (Å²) in [5.74, 6) is -1.03. The van der Waals surface area contributed by atoms with Gasteiger partial charge in [-0.1, -0.05) is 24.3 Å². The number of halogens is 1. The highest BCUT2D eigenvalue weighted by Gasteiger charge is 2.23. The first-order chi connectivity index (χ1) is 14.5. The van der Waals surface area contributed by atoms with Crippen LogP contribution in [-0.4, -0.2) is 20.7 Å². The Kier molecular flexibility index (Phi) is 5.29. The largest absolute Gasteiger partial charge is 0.332 e. The summed E-state index contributed by atoms with van der Waals surface area (Å²) in [6, 6.07) is 12.3. The second-order valence-electron chi connectivity index (χ2n) is 7.01. The van der Waals surface area contributed by atoms with Gasteiger partial charge in [-0.05, 0) is 37.4 Å². The zero-order valence-corrected chi connectivity index (χ0v) is 17.2. The highest BCUT2D eigenvalue weighted by molar-refractivity contribution is 7.13. The van der Waals surface area contributed by atoms with E-state index in [9.17, 15) is 14.4 Å². The number of fused-ring (bicyclic) bond motifs is 1. The van der Waals surface area contributed by atoms with Crippen LogP contribution in [0.4, 0.5) is 4.39 Å². The van der Waals surface area contributed by atoms with Crippen LogP contribution in [0.2, 0.25) is 0 Å². The molecule has 0 fully saturated rings. The third kappa shape index (κ3) is 3.55. The van der Waals surface area contributed by atoms with Crippen LogP contribution in [0, 0.1) is 17.1 Å². The maximum atomic E-state index is 14.2. The Morgan fingerprint density at radius 2 is 2.07 bits per heavy atom. The molecule has 1 unspecified atom stereocenters. The molecule has 3 aromatic heterocycles. The van der Waals surface area contributed by atoms with Crippen molar-refractivity contribution < 1.29 is 9.18 Å². The summed E-state index contributed by atoms with van der Waals surface area (Å²) < 4.78 is 15.9. The van der Waals surface area contributed by atoms with E-state index < -0.39 is 17.8 Å². The molecule has 0 bridgehead atoms. The summed E-state index contributed by atoms with van der Waals surface area (Å²) in [4.78, 5) is 18.8. The van der Waals surface area contributed by atoms with E-state index >= 15 is 0 Å². The molecule has 0 aliphatic rings. The zero-order chi connectivity index (χ0) is 21.3. The summed E-state index contributed by atoms with van der Waals surface area (Å²) in [5.41, 5.74) is 1.69. The number of nitrogens with one attached hydrogen (secondary N) is 1. The van der Waals surface area contributed by atoms with Crippen molar-refractivity contribution in [3.8, 4) is 16.6 Å². The number of nitriles is 1. The van der Waals surface area contributed by atoms with Crippen LogP contribution in [0.15, 0.2) is 54.0 Å². The Morgan fingerprint density at radius 3 is 2.73 bits per heavy atom. The van der Waals surface area contributed by atoms with Crippen LogP contribution in [0.1, 0.15) is 41.9 Å². The molecule has 6 nitrogen and oxygen atoms in total. The lowest BCUT2D eigenvalue weighted by Crippen LogP contribution is -2.28. The van der Waals surface area contributed by atoms with Gasteiger partial charge in [0.15, 0.2) is 5.65 Å². The van der Waals surface area contributed by atoms with Gasteiger partial charge in [-0.25, -0.2) is 14.1 Å². The lowest BCUT2D eigenvalue weighted by Gasteiger charge is -2.14. The summed E-state index contributed by atoms with van der Waals surface area (Å²) in [6.07, 6.45) is 1.60. The molecule has 1 N–H and O–H groups in total. The van der Waals surface area contributed by atoms with Crippen molar-refractivity contribution in [3.63, 3.8) is 0 Å². The quantitative estimate of drug-likeness (QED) is 0.500. The molecule has 8 heteroatoms. The molecule has 0 radical (unpaired) electrons. The molecule has 1 aromatic carbocycles. The summed E-state index contributed by atoms with van der Waals surface area (Å²) in [6.45, 7) is 3.96. The normalized spacial score (nSPS) is 12.1. The van der Waals surface area contributed by atoms with Gasteiger partial charge >= 0.3 is 0 Å². The Hall–Kier alpha value is -3.57. The number of carbonyl (C=O) groups excluding carboxylic acids is 1. The van der Waals surface area contributed by atoms with Crippen molar-refractivity contribution >= 4 is 28.3 Å². The van der Waals surface area contributed by atoms with E-state index in [0.29, 0.717) is 22.3 Å². The molecular weight excluding hydrogens is 401 g/mol. The fourth-order valence-corrected chi connectivity index (χ4v) is 3.92. The van der Waals surface area contributed by atoms with Crippen molar-refractivity contribution in [1.82, 2.24) is 20.1 Å². The van der Waals surface area contributed by atoms with Crippen LogP contribution in [0.5, 0.6) is 0 Å². The predicted octanol–water partition coefficient (Wildman–Crippen LogP) is 4.87. The fraction of sp³-hybridized carbons (Fsp3) is 0.182. The molecule has 0 aliphatic carbocycles. The fourth-order valence-electron chi connectivity index (χ4n) is 3.23. The number of nitrogens with zero attached hydrogens (tertiary/aromatic N) is 4. The monoisotopic (exact) mass is 419 g/mol. The van der Waals surface area contributed by atoms with Crippen molar-refractivity contribution in [1.29, 1.82) is 5.26 Å². The molecule has 0 aliphatic heterocycles. The summed E-state index contributed by atoms with van der Waals surface area (Å²) in [5, 5.41) is 19.1. The van der Waals surface area contributed by atoms with Gasteiger partial charge in [-0.3, -0.25) is 4.79 Å². The van der Waals surface area contributed by atoms with E-state index in [0.717, 1.165) is 4.88 Å². The van der Waals surface area contributed by atoms with Gasteiger partial charge in [0.25, 0.3) is 5.91 Å². The molecule has 150 valence electrons. The third-order valence-electron chi connectivity index (χ3n) is 4.69. The topological polar surface area (TPSA) is 83.6 Å². The second-order valence-corrected chi connectivity index (χ2v) is 7.96. The predicted molar refractivity (Wildman–Crippen MR) is 113 cm³/mol. The molecular formula is C22H18FN5OS. The molecule has 0 spiro atoms. The van der Waals surface area contributed by atoms with E-state index in [1.54, 1.807) is 23.0 Å². The standard InChI is InChI=1S/C22H18FN5OS/c1-13(2)28-21-16(12-25-28)15(10-18(26-21)20-8-5-9-30-20)22(29)27-19(11-24)14-6-3-4-7-17(14)23/h3-10,12-13,19H,1-2H3,(H,27,29). The molecule has 4 rings (SSSR count). The first-order valence-corrected chi connectivity index (χ1v) is 10.2. The third-order valence-corrected chi connectivity index (χ3v) is 5.59. The van der Waals surface area contributed by atoms with Crippen LogP contribution in [-0.2, 0) is 0 Å². The van der Waals surface area contributed by atoms with Crippen molar-refractivity contribution in [3.05, 3.63) is 71.0 Å². The lowest BCUT2D eigenvalue weighted by atomic mass is 10.1. The van der Waals surface area contributed by atoms with E-state index in [1.165, 1.54) is 29.5 Å². The van der Waals surface area contributed by atoms with Crippen LogP contribution in [0.3, 0.4) is 0 Å². The minimum Gasteiger partial charge on any atom is -0.332 e. The SMILES string of the molecule is CC(C)n1ncc2c(C(=O)NC(C#N)c3ccccc3F)cc(-c3cccs3)nc21. The number of pyridine rings is 1. The van der Waals surface area contributed by atoms with Gasteiger partial charge in [-0.2, -0.15) is 10.4 Å². The van der Waals surface area contributed by atoms with Crippen LogP contribution < -0.4 is 5.32 Å². The van der Waals surface area contributed by atoms with Crippen LogP contribution >= 0.6 is 11.3 Å². The Balaban J connectivity index is 1.80. The van der Waals surface area contributed by atoms with Gasteiger partial charge < -0.3 is 5.32 Å². The van der Waals surface area contributed by atoms with E-state index in [1.807, 2.05) is 37.4 Å². The summed E-state index contributed by atoms with van der Waals surface area (Å²) in [7, 11) is 0. The number of benzene rings is 1. The first-order valence-electron chi connectivity index (χ1n) is 9.36. The second kappa shape index (κ2) is 8.05. The first kappa shape index (κ1) is 19.7. The molecule has 1 amide bonds. The number of hydrogen-bond donors (Lipinski definition) is 1. The summed E-state index contributed by atoms with van der Waals surface area (Å²) >= 11 is 1.51. The molecule has 0 saturated carbocycles. The Labute approximate surface area is 176 Å². The Bertz CT molecular complexity index is 1260. The van der Waals surface area contributed by atoms with E-state index in [4.69, 9.17) is 4.98 Å². The number of thiophene rings is 1. The highest BCUT2D eigenvalue weighted by Crippen LogP contribution is 2.29. The smallest absolute Gasteiger partial charge is 0.253 e.